The smallest absolute Gasteiger partial charge is 0.365 e. The fourth-order valence-electron chi connectivity index (χ4n) is 1.49. The van der Waals surface area contributed by atoms with Crippen LogP contribution in [0.3, 0.4) is 0 Å². The molecule has 0 bridgehead atoms. The van der Waals surface area contributed by atoms with Crippen LogP contribution in [0.5, 0.6) is 0 Å². The Morgan fingerprint density at radius 2 is 1.72 bits per heavy atom. The summed E-state index contributed by atoms with van der Waals surface area (Å²) in [6.45, 7) is 1.27. The van der Waals surface area contributed by atoms with Crippen molar-refractivity contribution in [1.82, 2.24) is 0 Å². The molecule has 100 valence electrons. The molecule has 0 amide bonds. The van der Waals surface area contributed by atoms with Gasteiger partial charge in [0.15, 0.2) is 5.34 Å². The van der Waals surface area contributed by atoms with Crippen LogP contribution in [-0.2, 0) is 19.0 Å². The number of benzene rings is 1. The molecular weight excluding hydrogens is 261 g/mol. The standard InChI is InChI=1S/C10H14NO6P/c1-10(12,18(15,16-2)17-3)8-4-6-9(7-5-8)11(13)14/h4-7,12H,1-3H3/t10-/m1/s1. The van der Waals surface area contributed by atoms with Gasteiger partial charge in [0, 0.05) is 26.4 Å². The van der Waals surface area contributed by atoms with E-state index in [0.717, 1.165) is 14.2 Å². The SMILES string of the molecule is COP(=O)(OC)[C@@](C)(O)c1ccc([N+](=O)[O-])cc1. The zero-order valence-electron chi connectivity index (χ0n) is 10.2. The van der Waals surface area contributed by atoms with Crippen molar-refractivity contribution in [1.29, 1.82) is 0 Å². The van der Waals surface area contributed by atoms with E-state index >= 15 is 0 Å². The van der Waals surface area contributed by atoms with Gasteiger partial charge in [-0.2, -0.15) is 0 Å². The lowest BCUT2D eigenvalue weighted by atomic mass is 10.1. The third-order valence-corrected chi connectivity index (χ3v) is 4.93. The molecule has 0 radical (unpaired) electrons. The lowest BCUT2D eigenvalue weighted by Crippen LogP contribution is -2.23. The Morgan fingerprint density at radius 1 is 1.28 bits per heavy atom. The highest BCUT2D eigenvalue weighted by Gasteiger charge is 2.46. The van der Waals surface area contributed by atoms with Crippen LogP contribution >= 0.6 is 7.60 Å². The first-order valence-electron chi connectivity index (χ1n) is 4.97. The Hall–Kier alpha value is -1.27. The number of hydrogen-bond donors (Lipinski definition) is 1. The summed E-state index contributed by atoms with van der Waals surface area (Å²) in [5.41, 5.74) is 0.0827. The maximum Gasteiger partial charge on any atom is 0.365 e. The summed E-state index contributed by atoms with van der Waals surface area (Å²) >= 11 is 0. The van der Waals surface area contributed by atoms with Crippen LogP contribution in [0, 0.1) is 10.1 Å². The zero-order valence-corrected chi connectivity index (χ0v) is 11.1. The molecule has 1 aromatic carbocycles. The summed E-state index contributed by atoms with van der Waals surface area (Å²) in [5, 5.41) is 18.9. The minimum atomic E-state index is -3.76. The molecule has 0 spiro atoms. The molecule has 0 aliphatic heterocycles. The summed E-state index contributed by atoms with van der Waals surface area (Å²) in [4.78, 5) is 9.95. The molecule has 0 fully saturated rings. The minimum Gasteiger partial charge on any atom is -0.373 e. The molecule has 7 nitrogen and oxygen atoms in total. The predicted molar refractivity (Wildman–Crippen MR) is 64.3 cm³/mol. The van der Waals surface area contributed by atoms with Gasteiger partial charge in [-0.25, -0.2) is 0 Å². The third-order valence-electron chi connectivity index (χ3n) is 2.64. The molecule has 0 saturated carbocycles. The number of hydrogen-bond acceptors (Lipinski definition) is 6. The molecule has 0 saturated heterocycles. The van der Waals surface area contributed by atoms with Crippen molar-refractivity contribution in [2.75, 3.05) is 14.2 Å². The molecule has 1 N–H and O–H groups in total. The zero-order chi connectivity index (χ0) is 14.0. The van der Waals surface area contributed by atoms with Gasteiger partial charge < -0.3 is 14.2 Å². The van der Waals surface area contributed by atoms with Gasteiger partial charge in [-0.05, 0) is 24.6 Å². The van der Waals surface area contributed by atoms with Crippen molar-refractivity contribution in [3.05, 3.63) is 39.9 Å². The van der Waals surface area contributed by atoms with E-state index in [9.17, 15) is 19.8 Å². The van der Waals surface area contributed by atoms with Gasteiger partial charge in [-0.3, -0.25) is 14.7 Å². The average Bonchev–Trinajstić information content (AvgIpc) is 2.37. The van der Waals surface area contributed by atoms with E-state index < -0.39 is 17.9 Å². The van der Waals surface area contributed by atoms with Gasteiger partial charge in [0.05, 0.1) is 4.92 Å². The van der Waals surface area contributed by atoms with Crippen LogP contribution in [-0.4, -0.2) is 24.2 Å². The fourth-order valence-corrected chi connectivity index (χ4v) is 2.81. The molecule has 1 atom stereocenters. The first-order chi connectivity index (χ1) is 8.28. The first-order valence-corrected chi connectivity index (χ1v) is 6.51. The normalized spacial score (nSPS) is 15.1. The van der Waals surface area contributed by atoms with Crippen LogP contribution in [0.4, 0.5) is 5.69 Å². The fraction of sp³-hybridized carbons (Fsp3) is 0.400. The number of rotatable bonds is 5. The second-order valence-electron chi connectivity index (χ2n) is 3.69. The van der Waals surface area contributed by atoms with Gasteiger partial charge in [-0.15, -0.1) is 0 Å². The quantitative estimate of drug-likeness (QED) is 0.502. The molecule has 18 heavy (non-hydrogen) atoms. The maximum absolute atomic E-state index is 12.2. The number of nitro benzene ring substituents is 1. The highest BCUT2D eigenvalue weighted by atomic mass is 31.2. The highest BCUT2D eigenvalue weighted by Crippen LogP contribution is 2.62. The molecule has 8 heteroatoms. The van der Waals surface area contributed by atoms with Crippen molar-refractivity contribution in [2.45, 2.75) is 12.3 Å². The third kappa shape index (κ3) is 2.44. The molecule has 0 aliphatic rings. The van der Waals surface area contributed by atoms with Gasteiger partial charge in [-0.1, -0.05) is 0 Å². The van der Waals surface area contributed by atoms with Crippen molar-refractivity contribution in [3.8, 4) is 0 Å². The van der Waals surface area contributed by atoms with Crippen molar-refractivity contribution in [3.63, 3.8) is 0 Å². The van der Waals surface area contributed by atoms with Crippen molar-refractivity contribution >= 4 is 13.3 Å². The second kappa shape index (κ2) is 5.16. The number of non-ortho nitro benzene ring substituents is 1. The maximum atomic E-state index is 12.2. The van der Waals surface area contributed by atoms with Crippen LogP contribution in [0.15, 0.2) is 24.3 Å². The lowest BCUT2D eigenvalue weighted by molar-refractivity contribution is -0.384. The second-order valence-corrected chi connectivity index (χ2v) is 6.28. The Labute approximate surface area is 104 Å². The van der Waals surface area contributed by atoms with Crippen molar-refractivity contribution < 1.29 is 23.6 Å². The molecule has 0 aliphatic carbocycles. The monoisotopic (exact) mass is 275 g/mol. The average molecular weight is 275 g/mol. The van der Waals surface area contributed by atoms with E-state index in [1.54, 1.807) is 0 Å². The van der Waals surface area contributed by atoms with Gasteiger partial charge in [0.25, 0.3) is 5.69 Å². The number of aliphatic hydroxyl groups is 1. The topological polar surface area (TPSA) is 98.9 Å². The Morgan fingerprint density at radius 3 is 2.06 bits per heavy atom. The predicted octanol–water partition coefficient (Wildman–Crippen LogP) is 2.25. The molecule has 0 aromatic heterocycles. The van der Waals surface area contributed by atoms with Crippen LogP contribution in [0.2, 0.25) is 0 Å². The van der Waals surface area contributed by atoms with Crippen molar-refractivity contribution in [2.24, 2.45) is 0 Å². The molecule has 1 rings (SSSR count). The molecule has 1 aromatic rings. The molecular formula is C10H14NO6P. The van der Waals surface area contributed by atoms with E-state index in [1.807, 2.05) is 0 Å². The van der Waals surface area contributed by atoms with Gasteiger partial charge >= 0.3 is 7.60 Å². The lowest BCUT2D eigenvalue weighted by Gasteiger charge is -2.29. The highest BCUT2D eigenvalue weighted by molar-refractivity contribution is 7.54. The summed E-state index contributed by atoms with van der Waals surface area (Å²) < 4.78 is 21.6. The minimum absolute atomic E-state index is 0.126. The van der Waals surface area contributed by atoms with E-state index in [-0.39, 0.29) is 11.3 Å². The van der Waals surface area contributed by atoms with E-state index in [0.29, 0.717) is 0 Å². The summed E-state index contributed by atoms with van der Waals surface area (Å²) in [7, 11) is -1.45. The first kappa shape index (κ1) is 14.8. The Balaban J connectivity index is 3.20. The molecule has 0 heterocycles. The largest absolute Gasteiger partial charge is 0.373 e. The Bertz CT molecular complexity index is 476. The van der Waals surface area contributed by atoms with Crippen LogP contribution in [0.1, 0.15) is 12.5 Å². The van der Waals surface area contributed by atoms with Gasteiger partial charge in [0.2, 0.25) is 0 Å². The summed E-state index contributed by atoms with van der Waals surface area (Å²) in [6.07, 6.45) is 0. The number of nitro groups is 1. The van der Waals surface area contributed by atoms with E-state index in [2.05, 4.69) is 0 Å². The van der Waals surface area contributed by atoms with E-state index in [4.69, 9.17) is 9.05 Å². The van der Waals surface area contributed by atoms with E-state index in [1.165, 1.54) is 31.2 Å². The van der Waals surface area contributed by atoms with Gasteiger partial charge in [0.1, 0.15) is 0 Å². The number of nitrogens with zero attached hydrogens (tertiary/aromatic N) is 1. The van der Waals surface area contributed by atoms with Crippen LogP contribution < -0.4 is 0 Å². The molecule has 0 unspecified atom stereocenters. The Kier molecular flexibility index (Phi) is 4.24. The summed E-state index contributed by atoms with van der Waals surface area (Å²) in [5.74, 6) is 0. The summed E-state index contributed by atoms with van der Waals surface area (Å²) in [6, 6.07) is 5.03. The van der Waals surface area contributed by atoms with Crippen LogP contribution in [0.25, 0.3) is 0 Å².